The van der Waals surface area contributed by atoms with Crippen LogP contribution in [0.5, 0.6) is 0 Å². The fraction of sp³-hybridized carbons (Fsp3) is 0.556. The molecule has 1 aliphatic heterocycles. The Morgan fingerprint density at radius 3 is 3.21 bits per heavy atom. The van der Waals surface area contributed by atoms with Crippen molar-refractivity contribution in [1.82, 2.24) is 10.2 Å². The number of nitrogens with one attached hydrogen (secondary N) is 1. The average Bonchev–Trinajstić information content (AvgIpc) is 2.45. The highest BCUT2D eigenvalue weighted by atomic mass is 16.5. The highest BCUT2D eigenvalue weighted by molar-refractivity contribution is 5.42. The number of hydrogen-bond donors (Lipinski definition) is 1. The lowest BCUT2D eigenvalue weighted by atomic mass is 10.3. The van der Waals surface area contributed by atoms with E-state index in [1.165, 1.54) is 0 Å². The summed E-state index contributed by atoms with van der Waals surface area (Å²) in [5.41, 5.74) is 0.715. The van der Waals surface area contributed by atoms with Gasteiger partial charge in [-0.05, 0) is 6.42 Å². The zero-order chi connectivity index (χ0) is 9.80. The van der Waals surface area contributed by atoms with Gasteiger partial charge in [-0.3, -0.25) is 4.79 Å². The molecule has 14 heavy (non-hydrogen) atoms. The Balaban J connectivity index is 2.16. The molecule has 0 unspecified atom stereocenters. The highest BCUT2D eigenvalue weighted by Crippen LogP contribution is 2.11. The molecule has 1 fully saturated rings. The maximum absolute atomic E-state index is 11.0. The topological polar surface area (TPSA) is 58.2 Å². The maximum atomic E-state index is 11.0. The molecule has 1 aromatic rings. The molecule has 2 heterocycles. The summed E-state index contributed by atoms with van der Waals surface area (Å²) in [5, 5.41) is 6.13. The Labute approximate surface area is 81.7 Å². The third-order valence-electron chi connectivity index (χ3n) is 2.24. The normalized spacial score (nSPS) is 17.9. The molecule has 5 heteroatoms. The van der Waals surface area contributed by atoms with Crippen molar-refractivity contribution in [3.05, 3.63) is 22.6 Å². The van der Waals surface area contributed by atoms with Gasteiger partial charge in [-0.25, -0.2) is 5.10 Å². The molecule has 0 saturated carbocycles. The van der Waals surface area contributed by atoms with Crippen LogP contribution in [0.2, 0.25) is 0 Å². The van der Waals surface area contributed by atoms with E-state index in [9.17, 15) is 4.79 Å². The fourth-order valence-corrected chi connectivity index (χ4v) is 1.54. The monoisotopic (exact) mass is 195 g/mol. The molecule has 0 aromatic carbocycles. The lowest BCUT2D eigenvalue weighted by Crippen LogP contribution is -2.27. The molecule has 0 aliphatic carbocycles. The second kappa shape index (κ2) is 4.23. The van der Waals surface area contributed by atoms with Crippen LogP contribution in [0.25, 0.3) is 0 Å². The smallest absolute Gasteiger partial charge is 0.266 e. The van der Waals surface area contributed by atoms with E-state index in [2.05, 4.69) is 15.1 Å². The minimum Gasteiger partial charge on any atom is -0.380 e. The number of H-pyrrole nitrogens is 1. The largest absolute Gasteiger partial charge is 0.380 e. The number of rotatable bonds is 1. The van der Waals surface area contributed by atoms with E-state index in [0.717, 1.165) is 31.8 Å². The van der Waals surface area contributed by atoms with Crippen molar-refractivity contribution in [1.29, 1.82) is 0 Å². The molecule has 1 aliphatic rings. The number of nitrogens with zero attached hydrogens (tertiary/aromatic N) is 2. The Bertz CT molecular complexity index is 342. The zero-order valence-corrected chi connectivity index (χ0v) is 7.90. The van der Waals surface area contributed by atoms with Gasteiger partial charge in [-0.15, -0.1) is 0 Å². The number of hydrogen-bond acceptors (Lipinski definition) is 4. The number of anilines is 1. The molecule has 76 valence electrons. The van der Waals surface area contributed by atoms with Crippen molar-refractivity contribution in [3.63, 3.8) is 0 Å². The van der Waals surface area contributed by atoms with E-state index < -0.39 is 0 Å². The van der Waals surface area contributed by atoms with Gasteiger partial charge < -0.3 is 9.64 Å². The molecule has 0 spiro atoms. The van der Waals surface area contributed by atoms with Crippen molar-refractivity contribution in [2.45, 2.75) is 6.42 Å². The molecule has 2 rings (SSSR count). The minimum absolute atomic E-state index is 0.160. The summed E-state index contributed by atoms with van der Waals surface area (Å²) in [6.45, 7) is 3.26. The van der Waals surface area contributed by atoms with Crippen LogP contribution in [0.1, 0.15) is 6.42 Å². The van der Waals surface area contributed by atoms with E-state index in [1.54, 1.807) is 12.3 Å². The molecular formula is C9H13N3O2. The molecule has 0 atom stereocenters. The third-order valence-corrected chi connectivity index (χ3v) is 2.24. The van der Waals surface area contributed by atoms with Gasteiger partial charge >= 0.3 is 0 Å². The van der Waals surface area contributed by atoms with E-state index in [1.807, 2.05) is 0 Å². The standard InChI is InChI=1S/C9H13N3O2/c13-9-6-8(7-10-11-9)12-2-1-4-14-5-3-12/h6-7H,1-5H2,(H,11,13). The molecule has 0 radical (unpaired) electrons. The summed E-state index contributed by atoms with van der Waals surface area (Å²) in [6.07, 6.45) is 2.67. The van der Waals surface area contributed by atoms with E-state index in [-0.39, 0.29) is 5.56 Å². The van der Waals surface area contributed by atoms with Gasteiger partial charge in [0.2, 0.25) is 0 Å². The van der Waals surface area contributed by atoms with E-state index in [0.29, 0.717) is 6.61 Å². The first-order valence-electron chi connectivity index (χ1n) is 4.74. The van der Waals surface area contributed by atoms with Gasteiger partial charge in [0.1, 0.15) is 0 Å². The van der Waals surface area contributed by atoms with E-state index in [4.69, 9.17) is 4.74 Å². The zero-order valence-electron chi connectivity index (χ0n) is 7.90. The van der Waals surface area contributed by atoms with Crippen molar-refractivity contribution in [2.75, 3.05) is 31.2 Å². The van der Waals surface area contributed by atoms with Crippen LogP contribution in [0, 0.1) is 0 Å². The van der Waals surface area contributed by atoms with E-state index >= 15 is 0 Å². The van der Waals surface area contributed by atoms with Crippen LogP contribution in [-0.2, 0) is 4.74 Å². The van der Waals surface area contributed by atoms with Crippen LogP contribution < -0.4 is 10.5 Å². The van der Waals surface area contributed by atoms with Crippen LogP contribution in [0.15, 0.2) is 17.1 Å². The Kier molecular flexibility index (Phi) is 2.78. The number of ether oxygens (including phenoxy) is 1. The summed E-state index contributed by atoms with van der Waals surface area (Å²) < 4.78 is 5.33. The van der Waals surface area contributed by atoms with Crippen LogP contribution in [0.4, 0.5) is 5.69 Å². The summed E-state index contributed by atoms with van der Waals surface area (Å²) in [6, 6.07) is 1.57. The van der Waals surface area contributed by atoms with Gasteiger partial charge in [0, 0.05) is 25.8 Å². The highest BCUT2D eigenvalue weighted by Gasteiger charge is 2.10. The summed E-state index contributed by atoms with van der Waals surface area (Å²) in [4.78, 5) is 13.2. The molecule has 5 nitrogen and oxygen atoms in total. The Hall–Kier alpha value is -1.36. The summed E-state index contributed by atoms with van der Waals surface area (Å²) in [5.74, 6) is 0. The van der Waals surface area contributed by atoms with Crippen LogP contribution in [-0.4, -0.2) is 36.5 Å². The SMILES string of the molecule is O=c1cc(N2CCCOCC2)cn[nH]1. The molecule has 1 saturated heterocycles. The minimum atomic E-state index is -0.160. The van der Waals surface area contributed by atoms with Crippen molar-refractivity contribution in [3.8, 4) is 0 Å². The van der Waals surface area contributed by atoms with Gasteiger partial charge in [-0.2, -0.15) is 5.10 Å². The second-order valence-electron chi connectivity index (χ2n) is 3.26. The first kappa shape index (κ1) is 9.21. The number of aromatic amines is 1. The Morgan fingerprint density at radius 2 is 2.36 bits per heavy atom. The fourth-order valence-electron chi connectivity index (χ4n) is 1.54. The predicted octanol–water partition coefficient (Wildman–Crippen LogP) is -0.00340. The molecular weight excluding hydrogens is 182 g/mol. The number of aromatic nitrogens is 2. The second-order valence-corrected chi connectivity index (χ2v) is 3.26. The van der Waals surface area contributed by atoms with Crippen LogP contribution >= 0.6 is 0 Å². The lowest BCUT2D eigenvalue weighted by Gasteiger charge is -2.20. The average molecular weight is 195 g/mol. The lowest BCUT2D eigenvalue weighted by molar-refractivity contribution is 0.152. The molecule has 0 amide bonds. The van der Waals surface area contributed by atoms with Gasteiger partial charge in [0.25, 0.3) is 5.56 Å². The maximum Gasteiger partial charge on any atom is 0.266 e. The van der Waals surface area contributed by atoms with Crippen LogP contribution in [0.3, 0.4) is 0 Å². The first-order valence-corrected chi connectivity index (χ1v) is 4.74. The molecule has 1 N–H and O–H groups in total. The summed E-state index contributed by atoms with van der Waals surface area (Å²) in [7, 11) is 0. The first-order chi connectivity index (χ1) is 6.86. The van der Waals surface area contributed by atoms with Crippen molar-refractivity contribution >= 4 is 5.69 Å². The third kappa shape index (κ3) is 2.11. The quantitative estimate of drug-likeness (QED) is 0.685. The predicted molar refractivity (Wildman–Crippen MR) is 52.5 cm³/mol. The van der Waals surface area contributed by atoms with Crippen molar-refractivity contribution < 1.29 is 4.74 Å². The van der Waals surface area contributed by atoms with Gasteiger partial charge in [-0.1, -0.05) is 0 Å². The van der Waals surface area contributed by atoms with Gasteiger partial charge in [0.15, 0.2) is 0 Å². The molecule has 1 aromatic heterocycles. The molecule has 0 bridgehead atoms. The summed E-state index contributed by atoms with van der Waals surface area (Å²) >= 11 is 0. The van der Waals surface area contributed by atoms with Crippen molar-refractivity contribution in [2.24, 2.45) is 0 Å². The Morgan fingerprint density at radius 1 is 1.43 bits per heavy atom. The van der Waals surface area contributed by atoms with Gasteiger partial charge in [0.05, 0.1) is 18.5 Å².